The molecule has 0 saturated heterocycles. The second-order valence-electron chi connectivity index (χ2n) is 10.4. The van der Waals surface area contributed by atoms with Crippen LogP contribution in [0.2, 0.25) is 0 Å². The molecule has 2 N–H and O–H groups in total. The lowest BCUT2D eigenvalue weighted by Crippen LogP contribution is -2.34. The van der Waals surface area contributed by atoms with Gasteiger partial charge < -0.3 is 15.2 Å². The van der Waals surface area contributed by atoms with Gasteiger partial charge in [0.25, 0.3) is 0 Å². The Morgan fingerprint density at radius 3 is 2.11 bits per heavy atom. The summed E-state index contributed by atoms with van der Waals surface area (Å²) in [5.41, 5.74) is 7.37. The Hall–Kier alpha value is -3.60. The molecule has 3 aromatic rings. The molecular weight excluding hydrogens is 470 g/mol. The van der Waals surface area contributed by atoms with Crippen LogP contribution in [0.5, 0.6) is 11.5 Å². The highest BCUT2D eigenvalue weighted by Crippen LogP contribution is 2.32. The Bertz CT molecular complexity index is 1330. The normalized spacial score (nSPS) is 15.0. The van der Waals surface area contributed by atoms with E-state index in [2.05, 4.69) is 76.3 Å². The first-order valence-electron chi connectivity index (χ1n) is 13.9. The molecule has 4 rings (SSSR count). The van der Waals surface area contributed by atoms with E-state index >= 15 is 0 Å². The van der Waals surface area contributed by atoms with Gasteiger partial charge in [0.15, 0.2) is 12.0 Å². The van der Waals surface area contributed by atoms with E-state index in [1.807, 2.05) is 12.1 Å². The summed E-state index contributed by atoms with van der Waals surface area (Å²) in [7, 11) is 0. The molecule has 38 heavy (non-hydrogen) atoms. The van der Waals surface area contributed by atoms with Crippen molar-refractivity contribution in [2.75, 3.05) is 6.61 Å². The van der Waals surface area contributed by atoms with Crippen LogP contribution < -0.4 is 10.1 Å². The van der Waals surface area contributed by atoms with Crippen LogP contribution in [0.15, 0.2) is 64.6 Å². The summed E-state index contributed by atoms with van der Waals surface area (Å²) in [6.07, 6.45) is 6.81. The zero-order valence-corrected chi connectivity index (χ0v) is 23.5. The molecule has 200 valence electrons. The molecule has 0 saturated carbocycles. The van der Waals surface area contributed by atoms with Gasteiger partial charge in [0.2, 0.25) is 0 Å². The van der Waals surface area contributed by atoms with Gasteiger partial charge in [0, 0.05) is 22.8 Å². The second-order valence-corrected chi connectivity index (χ2v) is 10.4. The summed E-state index contributed by atoms with van der Waals surface area (Å²) in [5.74, 6) is 2.25. The van der Waals surface area contributed by atoms with Crippen molar-refractivity contribution in [3.8, 4) is 11.5 Å². The van der Waals surface area contributed by atoms with Crippen LogP contribution in [0.3, 0.4) is 0 Å². The molecule has 0 radical (unpaired) electrons. The van der Waals surface area contributed by atoms with Gasteiger partial charge in [-0.05, 0) is 57.4 Å². The third-order valence-corrected chi connectivity index (χ3v) is 7.07. The lowest BCUT2D eigenvalue weighted by atomic mass is 10.0. The summed E-state index contributed by atoms with van der Waals surface area (Å²) in [4.78, 5) is 9.91. The zero-order chi connectivity index (χ0) is 27.1. The number of phenolic OH excluding ortho intramolecular Hbond substituents is 1. The summed E-state index contributed by atoms with van der Waals surface area (Å²) in [5, 5.41) is 14.5. The van der Waals surface area contributed by atoms with Gasteiger partial charge in [-0.3, -0.25) is 0 Å². The van der Waals surface area contributed by atoms with Crippen LogP contribution in [-0.4, -0.2) is 23.4 Å². The molecule has 0 aromatic heterocycles. The monoisotopic (exact) mass is 511 g/mol. The van der Waals surface area contributed by atoms with Gasteiger partial charge >= 0.3 is 0 Å². The minimum absolute atomic E-state index is 0.161. The molecule has 1 heterocycles. The maximum atomic E-state index is 11.0. The van der Waals surface area contributed by atoms with Crippen molar-refractivity contribution in [1.29, 1.82) is 0 Å². The number of hydrogen-bond acceptors (Lipinski definition) is 5. The van der Waals surface area contributed by atoms with Crippen molar-refractivity contribution >= 4 is 11.7 Å². The summed E-state index contributed by atoms with van der Waals surface area (Å²) in [6, 6.07) is 18.2. The molecule has 0 bridgehead atoms. The zero-order valence-electron chi connectivity index (χ0n) is 23.5. The van der Waals surface area contributed by atoms with Gasteiger partial charge in [-0.25, -0.2) is 9.98 Å². The number of amidine groups is 2. The van der Waals surface area contributed by atoms with Crippen LogP contribution in [0.25, 0.3) is 0 Å². The molecule has 3 aromatic carbocycles. The fourth-order valence-electron chi connectivity index (χ4n) is 4.93. The maximum Gasteiger partial charge on any atom is 0.159 e. The Morgan fingerprint density at radius 1 is 0.789 bits per heavy atom. The molecule has 5 heteroatoms. The molecular formula is C33H41N3O2. The minimum Gasteiger partial charge on any atom is -0.507 e. The largest absolute Gasteiger partial charge is 0.507 e. The van der Waals surface area contributed by atoms with Gasteiger partial charge in [0.05, 0.1) is 6.61 Å². The van der Waals surface area contributed by atoms with E-state index in [9.17, 15) is 5.11 Å². The fraction of sp³-hybridized carbons (Fsp3) is 0.394. The lowest BCUT2D eigenvalue weighted by molar-refractivity contribution is 0.302. The van der Waals surface area contributed by atoms with Crippen LogP contribution in [-0.2, 0) is 0 Å². The molecule has 1 atom stereocenters. The first kappa shape index (κ1) is 27.4. The Kier molecular flexibility index (Phi) is 9.22. The number of rotatable bonds is 11. The van der Waals surface area contributed by atoms with Crippen LogP contribution in [0, 0.1) is 27.7 Å². The third kappa shape index (κ3) is 6.83. The van der Waals surface area contributed by atoms with E-state index in [-0.39, 0.29) is 5.75 Å². The number of nitrogens with one attached hydrogen (secondary N) is 1. The number of aliphatic imine (C=N–C) groups is 2. The van der Waals surface area contributed by atoms with E-state index < -0.39 is 6.17 Å². The van der Waals surface area contributed by atoms with E-state index in [0.717, 1.165) is 34.5 Å². The number of benzene rings is 3. The first-order valence-corrected chi connectivity index (χ1v) is 13.9. The summed E-state index contributed by atoms with van der Waals surface area (Å²) < 4.78 is 5.93. The average Bonchev–Trinajstić information content (AvgIpc) is 2.88. The Balaban J connectivity index is 1.58. The molecule has 0 spiro atoms. The van der Waals surface area contributed by atoms with Gasteiger partial charge in [-0.15, -0.1) is 0 Å². The molecule has 1 aliphatic rings. The molecule has 1 aliphatic heterocycles. The van der Waals surface area contributed by atoms with Crippen molar-refractivity contribution in [1.82, 2.24) is 5.32 Å². The van der Waals surface area contributed by atoms with Crippen LogP contribution in [0.4, 0.5) is 0 Å². The number of unbranched alkanes of at least 4 members (excludes halogenated alkanes) is 5. The molecule has 0 aliphatic carbocycles. The molecule has 1 unspecified atom stereocenters. The minimum atomic E-state index is -0.480. The highest BCUT2D eigenvalue weighted by Gasteiger charge is 2.24. The number of aryl methyl sites for hydroxylation is 4. The van der Waals surface area contributed by atoms with Crippen molar-refractivity contribution < 1.29 is 9.84 Å². The quantitative estimate of drug-likeness (QED) is 0.258. The highest BCUT2D eigenvalue weighted by molar-refractivity contribution is 6.14. The van der Waals surface area contributed by atoms with Gasteiger partial charge in [-0.1, -0.05) is 86.6 Å². The smallest absolute Gasteiger partial charge is 0.159 e. The summed E-state index contributed by atoms with van der Waals surface area (Å²) >= 11 is 0. The third-order valence-electron chi connectivity index (χ3n) is 7.07. The van der Waals surface area contributed by atoms with E-state index in [4.69, 9.17) is 14.7 Å². The Labute approximate surface area is 227 Å². The van der Waals surface area contributed by atoms with Crippen molar-refractivity contribution in [3.05, 3.63) is 93.5 Å². The number of aromatic hydroxyl groups is 1. The number of nitrogens with zero attached hydrogens (tertiary/aromatic N) is 2. The highest BCUT2D eigenvalue weighted by atomic mass is 16.5. The molecule has 0 amide bonds. The second kappa shape index (κ2) is 12.8. The SMILES string of the molecule is CCCCCCCCOc1ccc(C2N=C(c3ccc(C)cc3C)N=C(c3ccc(C)cc3C)N2)c(O)c1. The number of hydrogen-bond donors (Lipinski definition) is 2. The summed E-state index contributed by atoms with van der Waals surface area (Å²) in [6.45, 7) is 11.2. The number of ether oxygens (including phenoxy) is 1. The topological polar surface area (TPSA) is 66.2 Å². The van der Waals surface area contributed by atoms with Gasteiger partial charge in [0.1, 0.15) is 17.3 Å². The first-order chi connectivity index (χ1) is 18.4. The van der Waals surface area contributed by atoms with Crippen molar-refractivity contribution in [3.63, 3.8) is 0 Å². The van der Waals surface area contributed by atoms with Crippen molar-refractivity contribution in [2.45, 2.75) is 79.3 Å². The van der Waals surface area contributed by atoms with Gasteiger partial charge in [-0.2, -0.15) is 0 Å². The van der Waals surface area contributed by atoms with Crippen LogP contribution >= 0.6 is 0 Å². The van der Waals surface area contributed by atoms with Crippen molar-refractivity contribution in [2.24, 2.45) is 9.98 Å². The lowest BCUT2D eigenvalue weighted by Gasteiger charge is -2.25. The Morgan fingerprint density at radius 2 is 1.45 bits per heavy atom. The molecule has 0 fully saturated rings. The van der Waals surface area contributed by atoms with Crippen LogP contribution in [0.1, 0.15) is 90.6 Å². The number of phenols is 1. The molecule has 5 nitrogen and oxygen atoms in total. The standard InChI is InChI=1S/C33H41N3O2/c1-6-7-8-9-10-11-18-38-26-14-17-29(30(37)21-26)33-35-31(27-15-12-22(2)19-24(27)4)34-32(36-33)28-16-13-23(3)20-25(28)5/h12-17,19-21,33,37H,6-11,18H2,1-5H3,(H,34,35,36). The predicted molar refractivity (Wildman–Crippen MR) is 158 cm³/mol. The van der Waals surface area contributed by atoms with E-state index in [1.54, 1.807) is 6.07 Å². The fourth-order valence-corrected chi connectivity index (χ4v) is 4.93. The maximum absolute atomic E-state index is 11.0. The van der Waals surface area contributed by atoms with E-state index in [0.29, 0.717) is 23.8 Å². The van der Waals surface area contributed by atoms with E-state index in [1.165, 1.54) is 43.2 Å². The average molecular weight is 512 g/mol. The predicted octanol–water partition coefficient (Wildman–Crippen LogP) is 7.86.